The highest BCUT2D eigenvalue weighted by Crippen LogP contribution is 2.24. The van der Waals surface area contributed by atoms with Crippen molar-refractivity contribution in [3.05, 3.63) is 69.8 Å². The topological polar surface area (TPSA) is 108 Å². The Bertz CT molecular complexity index is 773. The van der Waals surface area contributed by atoms with E-state index in [1.807, 2.05) is 6.07 Å². The molecular weight excluding hydrogens is 322 g/mol. The van der Waals surface area contributed by atoms with Crippen LogP contribution < -0.4 is 10.1 Å². The highest BCUT2D eigenvalue weighted by atomic mass is 16.6. The van der Waals surface area contributed by atoms with E-state index in [0.717, 1.165) is 0 Å². The Morgan fingerprint density at radius 3 is 2.68 bits per heavy atom. The Balaban J connectivity index is 1.89. The molecule has 130 valence electrons. The molecule has 0 heterocycles. The van der Waals surface area contributed by atoms with Gasteiger partial charge in [-0.25, -0.2) is 0 Å². The zero-order chi connectivity index (χ0) is 18.2. The van der Waals surface area contributed by atoms with E-state index in [1.54, 1.807) is 49.4 Å². The van der Waals surface area contributed by atoms with E-state index in [9.17, 15) is 15.2 Å². The lowest BCUT2D eigenvalue weighted by molar-refractivity contribution is -0.385. The number of hydrogen-bond donors (Lipinski definition) is 2. The van der Waals surface area contributed by atoms with Gasteiger partial charge in [0.05, 0.1) is 10.5 Å². The van der Waals surface area contributed by atoms with E-state index in [2.05, 4.69) is 5.32 Å². The number of nitrogens with zero attached hydrogens (tertiary/aromatic N) is 2. The van der Waals surface area contributed by atoms with Gasteiger partial charge in [0.15, 0.2) is 0 Å². The van der Waals surface area contributed by atoms with Crippen LogP contribution in [-0.2, 0) is 0 Å². The summed E-state index contributed by atoms with van der Waals surface area (Å²) in [6.45, 7) is 2.00. The summed E-state index contributed by atoms with van der Waals surface area (Å²) >= 11 is 0. The lowest BCUT2D eigenvalue weighted by Crippen LogP contribution is -2.33. The summed E-state index contributed by atoms with van der Waals surface area (Å²) < 4.78 is 5.47. The zero-order valence-electron chi connectivity index (χ0n) is 13.8. The highest BCUT2D eigenvalue weighted by Gasteiger charge is 2.18. The fraction of sp³-hybridized carbons (Fsp3) is 0.278. The number of para-hydroxylation sites is 2. The van der Waals surface area contributed by atoms with Crippen LogP contribution in [0.3, 0.4) is 0 Å². The van der Waals surface area contributed by atoms with Crippen LogP contribution in [0.2, 0.25) is 0 Å². The maximum Gasteiger partial charge on any atom is 0.274 e. The number of aliphatic hydroxyl groups excluding tert-OH is 1. The van der Waals surface area contributed by atoms with Gasteiger partial charge in [0, 0.05) is 24.2 Å². The van der Waals surface area contributed by atoms with Crippen molar-refractivity contribution in [3.8, 4) is 11.8 Å². The SMILES string of the molecule is CC(NCC(O)COc1ccccc1C#N)c1ccccc1[N+](=O)[O-]. The third kappa shape index (κ3) is 5.01. The van der Waals surface area contributed by atoms with Crippen LogP contribution in [0.15, 0.2) is 48.5 Å². The molecule has 2 unspecified atom stereocenters. The van der Waals surface area contributed by atoms with Gasteiger partial charge in [-0.3, -0.25) is 10.1 Å². The predicted octanol–water partition coefficient (Wildman–Crippen LogP) is 2.56. The second-order valence-corrected chi connectivity index (χ2v) is 5.52. The average Bonchev–Trinajstić information content (AvgIpc) is 2.64. The van der Waals surface area contributed by atoms with Gasteiger partial charge in [-0.1, -0.05) is 30.3 Å². The molecule has 0 saturated heterocycles. The minimum atomic E-state index is -0.822. The normalized spacial score (nSPS) is 12.8. The number of nitro benzene ring substituents is 1. The Morgan fingerprint density at radius 1 is 1.28 bits per heavy atom. The van der Waals surface area contributed by atoms with Crippen LogP contribution in [0.1, 0.15) is 24.1 Å². The third-order valence-electron chi connectivity index (χ3n) is 3.70. The van der Waals surface area contributed by atoms with Crippen LogP contribution >= 0.6 is 0 Å². The molecule has 0 aliphatic heterocycles. The molecule has 0 aliphatic carbocycles. The number of hydrogen-bond acceptors (Lipinski definition) is 6. The zero-order valence-corrected chi connectivity index (χ0v) is 13.8. The molecule has 0 aliphatic rings. The molecule has 0 aromatic heterocycles. The minimum Gasteiger partial charge on any atom is -0.489 e. The number of nitrogens with one attached hydrogen (secondary N) is 1. The van der Waals surface area contributed by atoms with Gasteiger partial charge in [-0.05, 0) is 19.1 Å². The van der Waals surface area contributed by atoms with Gasteiger partial charge in [-0.2, -0.15) is 5.26 Å². The smallest absolute Gasteiger partial charge is 0.274 e. The van der Waals surface area contributed by atoms with Crippen molar-refractivity contribution < 1.29 is 14.8 Å². The Morgan fingerprint density at radius 2 is 1.96 bits per heavy atom. The predicted molar refractivity (Wildman–Crippen MR) is 92.2 cm³/mol. The van der Waals surface area contributed by atoms with Crippen molar-refractivity contribution in [1.29, 1.82) is 5.26 Å². The number of nitriles is 1. The fourth-order valence-electron chi connectivity index (χ4n) is 2.37. The Hall–Kier alpha value is -2.95. The first-order chi connectivity index (χ1) is 12.0. The second kappa shape index (κ2) is 8.78. The average molecular weight is 341 g/mol. The maximum atomic E-state index is 11.1. The summed E-state index contributed by atoms with van der Waals surface area (Å²) in [6.07, 6.45) is -0.822. The molecule has 2 N–H and O–H groups in total. The van der Waals surface area contributed by atoms with Crippen LogP contribution in [0.25, 0.3) is 0 Å². The lowest BCUT2D eigenvalue weighted by Gasteiger charge is -2.18. The van der Waals surface area contributed by atoms with Crippen molar-refractivity contribution in [1.82, 2.24) is 5.32 Å². The summed E-state index contributed by atoms with van der Waals surface area (Å²) in [6, 6.07) is 15.0. The van der Waals surface area contributed by atoms with Crippen molar-refractivity contribution in [2.24, 2.45) is 0 Å². The van der Waals surface area contributed by atoms with E-state index in [4.69, 9.17) is 10.00 Å². The number of ether oxygens (including phenoxy) is 1. The molecule has 25 heavy (non-hydrogen) atoms. The molecule has 0 fully saturated rings. The van der Waals surface area contributed by atoms with Crippen molar-refractivity contribution in [2.75, 3.05) is 13.2 Å². The molecular formula is C18H19N3O4. The molecule has 2 rings (SSSR count). The van der Waals surface area contributed by atoms with E-state index in [-0.39, 0.29) is 24.9 Å². The van der Waals surface area contributed by atoms with E-state index in [0.29, 0.717) is 16.9 Å². The summed E-state index contributed by atoms with van der Waals surface area (Å²) in [4.78, 5) is 10.6. The number of nitro groups is 1. The van der Waals surface area contributed by atoms with Crippen LogP contribution in [0.4, 0.5) is 5.69 Å². The molecule has 0 bridgehead atoms. The molecule has 0 spiro atoms. The standard InChI is InChI=1S/C18H19N3O4/c1-13(16-7-3-4-8-17(16)21(23)24)20-11-15(22)12-25-18-9-5-2-6-14(18)10-19/h2-9,13,15,20,22H,11-12H2,1H3. The van der Waals surface area contributed by atoms with E-state index < -0.39 is 11.0 Å². The Labute approximate surface area is 145 Å². The molecule has 0 amide bonds. The lowest BCUT2D eigenvalue weighted by atomic mass is 10.1. The number of aliphatic hydroxyl groups is 1. The van der Waals surface area contributed by atoms with Crippen molar-refractivity contribution in [3.63, 3.8) is 0 Å². The minimum absolute atomic E-state index is 0.00922. The molecule has 7 nitrogen and oxygen atoms in total. The van der Waals surface area contributed by atoms with Gasteiger partial charge < -0.3 is 15.2 Å². The largest absolute Gasteiger partial charge is 0.489 e. The molecule has 0 radical (unpaired) electrons. The van der Waals surface area contributed by atoms with Crippen molar-refractivity contribution in [2.45, 2.75) is 19.1 Å². The van der Waals surface area contributed by atoms with Gasteiger partial charge in [0.25, 0.3) is 5.69 Å². The molecule has 2 aromatic carbocycles. The quantitative estimate of drug-likeness (QED) is 0.564. The fourth-order valence-corrected chi connectivity index (χ4v) is 2.37. The van der Waals surface area contributed by atoms with Crippen LogP contribution in [0.5, 0.6) is 5.75 Å². The summed E-state index contributed by atoms with van der Waals surface area (Å²) in [5, 5.41) is 33.2. The number of benzene rings is 2. The summed E-state index contributed by atoms with van der Waals surface area (Å²) in [5.41, 5.74) is 0.988. The summed E-state index contributed by atoms with van der Waals surface area (Å²) in [7, 11) is 0. The molecule has 2 aromatic rings. The highest BCUT2D eigenvalue weighted by molar-refractivity contribution is 5.43. The monoisotopic (exact) mass is 341 g/mol. The summed E-state index contributed by atoms with van der Waals surface area (Å²) in [5.74, 6) is 0.413. The molecule has 0 saturated carbocycles. The molecule has 7 heteroatoms. The Kier molecular flexibility index (Phi) is 6.46. The van der Waals surface area contributed by atoms with Crippen molar-refractivity contribution >= 4 is 5.69 Å². The van der Waals surface area contributed by atoms with Crippen LogP contribution in [-0.4, -0.2) is 29.3 Å². The molecule has 2 atom stereocenters. The second-order valence-electron chi connectivity index (χ2n) is 5.52. The third-order valence-corrected chi connectivity index (χ3v) is 3.70. The van der Waals surface area contributed by atoms with Gasteiger partial charge >= 0.3 is 0 Å². The van der Waals surface area contributed by atoms with Crippen LogP contribution in [0, 0.1) is 21.4 Å². The van der Waals surface area contributed by atoms with Gasteiger partial charge in [-0.15, -0.1) is 0 Å². The van der Waals surface area contributed by atoms with E-state index in [1.165, 1.54) is 6.07 Å². The van der Waals surface area contributed by atoms with Gasteiger partial charge in [0.2, 0.25) is 0 Å². The first-order valence-electron chi connectivity index (χ1n) is 7.79. The van der Waals surface area contributed by atoms with E-state index >= 15 is 0 Å². The number of rotatable bonds is 8. The first-order valence-corrected chi connectivity index (χ1v) is 7.79. The first kappa shape index (κ1) is 18.4. The maximum absolute atomic E-state index is 11.1. The van der Waals surface area contributed by atoms with Gasteiger partial charge in [0.1, 0.15) is 24.5 Å².